The molecule has 0 saturated carbocycles. The van der Waals surface area contributed by atoms with Gasteiger partial charge in [0.05, 0.1) is 18.8 Å². The molecule has 0 fully saturated rings. The molecule has 0 spiro atoms. The second kappa shape index (κ2) is 4.36. The van der Waals surface area contributed by atoms with E-state index in [0.717, 1.165) is 23.8 Å². The highest BCUT2D eigenvalue weighted by Crippen LogP contribution is 2.13. The van der Waals surface area contributed by atoms with Gasteiger partial charge in [-0.3, -0.25) is 0 Å². The fourth-order valence-corrected chi connectivity index (χ4v) is 1.47. The summed E-state index contributed by atoms with van der Waals surface area (Å²) in [7, 11) is 0. The zero-order valence-electron chi connectivity index (χ0n) is 8.99. The Bertz CT molecular complexity index is 403. The molecule has 0 bridgehead atoms. The molecule has 15 heavy (non-hydrogen) atoms. The molecule has 0 aliphatic heterocycles. The molecule has 0 aliphatic carbocycles. The van der Waals surface area contributed by atoms with Gasteiger partial charge >= 0.3 is 0 Å². The average molecular weight is 205 g/mol. The molecule has 1 N–H and O–H groups in total. The van der Waals surface area contributed by atoms with Crippen LogP contribution < -0.4 is 5.32 Å². The van der Waals surface area contributed by atoms with Crippen molar-refractivity contribution in [1.29, 1.82) is 0 Å². The zero-order chi connectivity index (χ0) is 10.7. The summed E-state index contributed by atoms with van der Waals surface area (Å²) in [4.78, 5) is 0. The predicted molar refractivity (Wildman–Crippen MR) is 57.4 cm³/mol. The lowest BCUT2D eigenvalue weighted by molar-refractivity contribution is 0.401. The maximum atomic E-state index is 5.46. The van der Waals surface area contributed by atoms with E-state index in [0.29, 0.717) is 0 Å². The van der Waals surface area contributed by atoms with E-state index in [1.807, 2.05) is 31.2 Å². The Hall–Kier alpha value is -1.48. The van der Waals surface area contributed by atoms with Crippen LogP contribution in [0.15, 0.2) is 39.4 Å². The summed E-state index contributed by atoms with van der Waals surface area (Å²) >= 11 is 0. The molecule has 0 saturated heterocycles. The predicted octanol–water partition coefficient (Wildman–Crippen LogP) is 3.03. The third-order valence-electron chi connectivity index (χ3n) is 2.35. The Labute approximate surface area is 89.1 Å². The Morgan fingerprint density at radius 1 is 1.33 bits per heavy atom. The lowest BCUT2D eigenvalue weighted by Gasteiger charge is -2.09. The first kappa shape index (κ1) is 10.1. The Balaban J connectivity index is 1.88. The zero-order valence-corrected chi connectivity index (χ0v) is 8.99. The van der Waals surface area contributed by atoms with Gasteiger partial charge in [-0.05, 0) is 38.1 Å². The molecule has 2 rings (SSSR count). The lowest BCUT2D eigenvalue weighted by atomic mass is 10.2. The topological polar surface area (TPSA) is 38.3 Å². The van der Waals surface area contributed by atoms with Crippen molar-refractivity contribution in [2.75, 3.05) is 0 Å². The summed E-state index contributed by atoms with van der Waals surface area (Å²) in [6.45, 7) is 4.73. The number of furan rings is 2. The molecule has 0 radical (unpaired) electrons. The minimum Gasteiger partial charge on any atom is -0.468 e. The second-order valence-corrected chi connectivity index (χ2v) is 3.63. The molecule has 80 valence electrons. The lowest BCUT2D eigenvalue weighted by Crippen LogP contribution is -2.17. The first-order chi connectivity index (χ1) is 7.25. The van der Waals surface area contributed by atoms with E-state index in [4.69, 9.17) is 8.83 Å². The van der Waals surface area contributed by atoms with Crippen LogP contribution in [0.1, 0.15) is 30.2 Å². The smallest absolute Gasteiger partial charge is 0.120 e. The van der Waals surface area contributed by atoms with Crippen molar-refractivity contribution in [2.45, 2.75) is 26.4 Å². The Morgan fingerprint density at radius 3 is 2.80 bits per heavy atom. The van der Waals surface area contributed by atoms with Gasteiger partial charge in [0.25, 0.3) is 0 Å². The van der Waals surface area contributed by atoms with Gasteiger partial charge in [-0.25, -0.2) is 0 Å². The summed E-state index contributed by atoms with van der Waals surface area (Å²) in [6.07, 6.45) is 1.69. The van der Waals surface area contributed by atoms with Gasteiger partial charge in [-0.15, -0.1) is 0 Å². The molecule has 1 atom stereocenters. The second-order valence-electron chi connectivity index (χ2n) is 3.63. The number of hydrogen-bond donors (Lipinski definition) is 1. The van der Waals surface area contributed by atoms with E-state index in [1.165, 1.54) is 0 Å². The normalized spacial score (nSPS) is 12.9. The van der Waals surface area contributed by atoms with E-state index < -0.39 is 0 Å². The SMILES string of the molecule is Cc1ccc(CN[C@H](C)c2ccco2)o1. The van der Waals surface area contributed by atoms with Crippen LogP contribution in [-0.4, -0.2) is 0 Å². The van der Waals surface area contributed by atoms with Gasteiger partial charge in [0.2, 0.25) is 0 Å². The Kier molecular flexibility index (Phi) is 2.92. The first-order valence-electron chi connectivity index (χ1n) is 5.08. The van der Waals surface area contributed by atoms with Crippen LogP contribution in [0.4, 0.5) is 0 Å². The molecule has 2 aromatic heterocycles. The Morgan fingerprint density at radius 2 is 2.20 bits per heavy atom. The molecule has 2 aromatic rings. The van der Waals surface area contributed by atoms with Crippen molar-refractivity contribution in [3.63, 3.8) is 0 Å². The highest BCUT2D eigenvalue weighted by atomic mass is 16.3. The van der Waals surface area contributed by atoms with Crippen LogP contribution in [0.3, 0.4) is 0 Å². The van der Waals surface area contributed by atoms with Crippen molar-refractivity contribution in [3.8, 4) is 0 Å². The van der Waals surface area contributed by atoms with Crippen LogP contribution >= 0.6 is 0 Å². The molecule has 2 heterocycles. The number of nitrogens with one attached hydrogen (secondary N) is 1. The summed E-state index contributed by atoms with van der Waals surface area (Å²) < 4.78 is 10.8. The molecule has 3 heteroatoms. The van der Waals surface area contributed by atoms with Crippen LogP contribution in [0.25, 0.3) is 0 Å². The molecular weight excluding hydrogens is 190 g/mol. The summed E-state index contributed by atoms with van der Waals surface area (Å²) in [6, 6.07) is 8.01. The first-order valence-corrected chi connectivity index (χ1v) is 5.08. The fraction of sp³-hybridized carbons (Fsp3) is 0.333. The number of hydrogen-bond acceptors (Lipinski definition) is 3. The summed E-state index contributed by atoms with van der Waals surface area (Å²) in [5.41, 5.74) is 0. The van der Waals surface area contributed by atoms with Crippen molar-refractivity contribution < 1.29 is 8.83 Å². The number of aryl methyl sites for hydroxylation is 1. The number of rotatable bonds is 4. The monoisotopic (exact) mass is 205 g/mol. The van der Waals surface area contributed by atoms with Crippen LogP contribution in [-0.2, 0) is 6.54 Å². The minimum absolute atomic E-state index is 0.199. The van der Waals surface area contributed by atoms with Gasteiger partial charge in [0.15, 0.2) is 0 Å². The molecule has 0 unspecified atom stereocenters. The highest BCUT2D eigenvalue weighted by Gasteiger charge is 2.08. The largest absolute Gasteiger partial charge is 0.468 e. The van der Waals surface area contributed by atoms with Crippen LogP contribution in [0.5, 0.6) is 0 Å². The van der Waals surface area contributed by atoms with Gasteiger partial charge in [0, 0.05) is 0 Å². The van der Waals surface area contributed by atoms with Gasteiger partial charge in [0.1, 0.15) is 17.3 Å². The van der Waals surface area contributed by atoms with E-state index in [2.05, 4.69) is 12.2 Å². The van der Waals surface area contributed by atoms with E-state index in [-0.39, 0.29) is 6.04 Å². The minimum atomic E-state index is 0.199. The van der Waals surface area contributed by atoms with Crippen LogP contribution in [0.2, 0.25) is 0 Å². The third-order valence-corrected chi connectivity index (χ3v) is 2.35. The van der Waals surface area contributed by atoms with Crippen LogP contribution in [0, 0.1) is 6.92 Å². The van der Waals surface area contributed by atoms with Crippen molar-refractivity contribution in [2.24, 2.45) is 0 Å². The standard InChI is InChI=1S/C12H15NO2/c1-9-5-6-11(15-9)8-13-10(2)12-4-3-7-14-12/h3-7,10,13H,8H2,1-2H3/t10-/m1/s1. The molecule has 0 aromatic carbocycles. The third kappa shape index (κ3) is 2.50. The van der Waals surface area contributed by atoms with E-state index in [1.54, 1.807) is 6.26 Å². The van der Waals surface area contributed by atoms with Gasteiger partial charge < -0.3 is 14.2 Å². The molecule has 0 amide bonds. The fourth-order valence-electron chi connectivity index (χ4n) is 1.47. The van der Waals surface area contributed by atoms with E-state index in [9.17, 15) is 0 Å². The van der Waals surface area contributed by atoms with Gasteiger partial charge in [-0.2, -0.15) is 0 Å². The summed E-state index contributed by atoms with van der Waals surface area (Å²) in [5.74, 6) is 2.83. The molecule has 3 nitrogen and oxygen atoms in total. The van der Waals surface area contributed by atoms with Crippen molar-refractivity contribution >= 4 is 0 Å². The summed E-state index contributed by atoms with van der Waals surface area (Å²) in [5, 5.41) is 3.33. The van der Waals surface area contributed by atoms with Gasteiger partial charge in [-0.1, -0.05) is 0 Å². The maximum Gasteiger partial charge on any atom is 0.120 e. The molecule has 0 aliphatic rings. The highest BCUT2D eigenvalue weighted by molar-refractivity contribution is 5.07. The van der Waals surface area contributed by atoms with E-state index >= 15 is 0 Å². The van der Waals surface area contributed by atoms with Crippen molar-refractivity contribution in [1.82, 2.24) is 5.32 Å². The molecular formula is C12H15NO2. The maximum absolute atomic E-state index is 5.46. The van der Waals surface area contributed by atoms with Crippen molar-refractivity contribution in [3.05, 3.63) is 47.8 Å². The quantitative estimate of drug-likeness (QED) is 0.833. The average Bonchev–Trinajstić information content (AvgIpc) is 2.84.